The van der Waals surface area contributed by atoms with Gasteiger partial charge in [-0.15, -0.1) is 0 Å². The third-order valence-corrected chi connectivity index (χ3v) is 7.30. The van der Waals surface area contributed by atoms with E-state index in [9.17, 15) is 9.46 Å². The maximum atomic E-state index is 13.4. The molecule has 2 aromatic carbocycles. The molecule has 0 saturated carbocycles. The Labute approximate surface area is 235 Å². The van der Waals surface area contributed by atoms with E-state index < -0.39 is 7.82 Å². The summed E-state index contributed by atoms with van der Waals surface area (Å²) < 4.78 is 25.1. The fourth-order valence-corrected chi connectivity index (χ4v) is 5.22. The molecule has 0 amide bonds. The molecule has 0 spiro atoms. The van der Waals surface area contributed by atoms with Crippen LogP contribution in [0.1, 0.15) is 116 Å². The maximum Gasteiger partial charge on any atom is 1.00 e. The fourth-order valence-electron chi connectivity index (χ4n) is 4.29. The van der Waals surface area contributed by atoms with Crippen LogP contribution in [-0.2, 0) is 32.6 Å². The second-order valence-electron chi connectivity index (χ2n) is 13.9. The summed E-state index contributed by atoms with van der Waals surface area (Å²) in [6.45, 7) is 25.7. The first-order chi connectivity index (χ1) is 15.1. The largest absolute Gasteiger partial charge is 1.00 e. The van der Waals surface area contributed by atoms with Crippen molar-refractivity contribution in [1.82, 2.24) is 0 Å². The van der Waals surface area contributed by atoms with Crippen molar-refractivity contribution in [2.24, 2.45) is 0 Å². The van der Waals surface area contributed by atoms with Crippen LogP contribution in [-0.4, -0.2) is 4.89 Å². The van der Waals surface area contributed by atoms with Crippen LogP contribution < -0.4 is 38.6 Å². The fraction of sp³-hybridized carbons (Fsp3) is 0.586. The van der Waals surface area contributed by atoms with Gasteiger partial charge in [-0.25, -0.2) is 4.57 Å². The summed E-state index contributed by atoms with van der Waals surface area (Å²) in [5, 5.41) is 0. The Balaban J connectivity index is 0.00000432. The molecule has 0 unspecified atom stereocenters. The van der Waals surface area contributed by atoms with Crippen molar-refractivity contribution >= 4 is 7.82 Å². The van der Waals surface area contributed by atoms with Crippen LogP contribution >= 0.6 is 7.82 Å². The Morgan fingerprint density at radius 1 is 0.629 bits per heavy atom. The molecule has 1 heterocycles. The van der Waals surface area contributed by atoms with Gasteiger partial charge in [-0.1, -0.05) is 107 Å². The van der Waals surface area contributed by atoms with Crippen LogP contribution in [0.3, 0.4) is 0 Å². The SMILES string of the molecule is CC(C)(C)c1cc2c(c(C(C)(C)C)c1)OP(=O)(O)Oc1c(cc(C(C)(C)C)cc1C(C)(C)C)C2.[Na+]. The van der Waals surface area contributed by atoms with Crippen LogP contribution in [0.2, 0.25) is 0 Å². The van der Waals surface area contributed by atoms with Crippen molar-refractivity contribution in [2.75, 3.05) is 0 Å². The molecule has 0 bridgehead atoms. The van der Waals surface area contributed by atoms with Crippen molar-refractivity contribution in [2.45, 2.75) is 111 Å². The van der Waals surface area contributed by atoms with Crippen molar-refractivity contribution in [3.63, 3.8) is 0 Å². The second kappa shape index (κ2) is 9.52. The first kappa shape index (κ1) is 30.5. The van der Waals surface area contributed by atoms with Crippen LogP contribution in [0.25, 0.3) is 0 Å². The molecule has 1 aliphatic heterocycles. The zero-order chi connectivity index (χ0) is 26.1. The summed E-state index contributed by atoms with van der Waals surface area (Å²) >= 11 is 0. The van der Waals surface area contributed by atoms with E-state index in [0.29, 0.717) is 17.9 Å². The van der Waals surface area contributed by atoms with E-state index in [1.807, 2.05) is 0 Å². The predicted octanol–water partition coefficient (Wildman–Crippen LogP) is 5.34. The van der Waals surface area contributed by atoms with Gasteiger partial charge in [-0.3, -0.25) is 4.89 Å². The molecule has 0 atom stereocenters. The number of benzene rings is 2. The van der Waals surface area contributed by atoms with Gasteiger partial charge in [-0.2, -0.15) is 0 Å². The molecular weight excluding hydrogens is 466 g/mol. The van der Waals surface area contributed by atoms with Crippen molar-refractivity contribution < 1.29 is 48.1 Å². The van der Waals surface area contributed by atoms with Gasteiger partial charge in [0.2, 0.25) is 0 Å². The van der Waals surface area contributed by atoms with Crippen molar-refractivity contribution in [3.8, 4) is 11.5 Å². The molecule has 1 N–H and O–H groups in total. The maximum absolute atomic E-state index is 13.4. The average Bonchev–Trinajstić information content (AvgIpc) is 2.58. The first-order valence-corrected chi connectivity index (χ1v) is 13.7. The monoisotopic (exact) mass is 509 g/mol. The minimum Gasteiger partial charge on any atom is -0.395 e. The van der Waals surface area contributed by atoms with Gasteiger partial charge in [0.1, 0.15) is 11.5 Å². The Hall–Kier alpha value is -0.770. The standard InChI is InChI=1S/C29H43O4P.Na/c1-26(2,3)20-14-18-13-19-15-21(27(4,5)6)17-23(29(10,11)12)25(19)33-34(30,31)32-24(18)22(16-20)28(7,8)9;/h14-17H,13H2,1-12H3,(H,30,31);/q;+1. The Morgan fingerprint density at radius 2 is 0.943 bits per heavy atom. The van der Waals surface area contributed by atoms with E-state index in [1.165, 1.54) is 11.1 Å². The molecule has 188 valence electrons. The number of phosphoric ester groups is 1. The van der Waals surface area contributed by atoms with E-state index in [0.717, 1.165) is 22.3 Å². The molecular formula is C29H43NaO4P+. The molecule has 0 aliphatic carbocycles. The molecule has 1 aliphatic rings. The van der Waals surface area contributed by atoms with E-state index in [1.54, 1.807) is 0 Å². The average molecular weight is 510 g/mol. The van der Waals surface area contributed by atoms with E-state index >= 15 is 0 Å². The summed E-state index contributed by atoms with van der Waals surface area (Å²) in [7, 11) is -4.43. The molecule has 0 aromatic heterocycles. The minimum absolute atomic E-state index is 0. The molecule has 3 rings (SSSR count). The summed E-state index contributed by atoms with van der Waals surface area (Å²) in [5.74, 6) is 0.936. The van der Waals surface area contributed by atoms with Crippen molar-refractivity contribution in [1.29, 1.82) is 0 Å². The van der Waals surface area contributed by atoms with E-state index in [4.69, 9.17) is 9.05 Å². The zero-order valence-corrected chi connectivity index (χ0v) is 27.0. The number of hydrogen-bond donors (Lipinski definition) is 1. The number of phosphoric acid groups is 1. The quantitative estimate of drug-likeness (QED) is 0.385. The third-order valence-electron chi connectivity index (χ3n) is 6.47. The number of hydrogen-bond acceptors (Lipinski definition) is 3. The number of rotatable bonds is 0. The summed E-state index contributed by atoms with van der Waals surface area (Å²) in [5.41, 5.74) is 5.31. The molecule has 4 nitrogen and oxygen atoms in total. The number of fused-ring (bicyclic) bond motifs is 2. The second-order valence-corrected chi connectivity index (χ2v) is 15.2. The first-order valence-electron chi connectivity index (χ1n) is 12.2. The molecule has 0 fully saturated rings. The van der Waals surface area contributed by atoms with E-state index in [2.05, 4.69) is 107 Å². The normalized spacial score (nSPS) is 16.0. The van der Waals surface area contributed by atoms with Gasteiger partial charge in [0.15, 0.2) is 0 Å². The van der Waals surface area contributed by atoms with E-state index in [-0.39, 0.29) is 51.2 Å². The summed E-state index contributed by atoms with van der Waals surface area (Å²) in [6.07, 6.45) is 0.560. The predicted molar refractivity (Wildman–Crippen MR) is 142 cm³/mol. The Kier molecular flexibility index (Phi) is 8.28. The molecule has 0 radical (unpaired) electrons. The molecule has 2 aromatic rings. The smallest absolute Gasteiger partial charge is 0.395 e. The van der Waals surface area contributed by atoms with Gasteiger partial charge in [0.25, 0.3) is 0 Å². The van der Waals surface area contributed by atoms with Gasteiger partial charge in [0.05, 0.1) is 0 Å². The van der Waals surface area contributed by atoms with Gasteiger partial charge < -0.3 is 9.05 Å². The summed E-state index contributed by atoms with van der Waals surface area (Å²) in [4.78, 5) is 10.9. The topological polar surface area (TPSA) is 55.8 Å². The third kappa shape index (κ3) is 6.76. The van der Waals surface area contributed by atoms with Crippen LogP contribution in [0.15, 0.2) is 24.3 Å². The van der Waals surface area contributed by atoms with Gasteiger partial charge in [-0.05, 0) is 43.9 Å². The Bertz CT molecular complexity index is 1070. The van der Waals surface area contributed by atoms with Crippen LogP contribution in [0, 0.1) is 0 Å². The van der Waals surface area contributed by atoms with Crippen molar-refractivity contribution in [3.05, 3.63) is 57.6 Å². The zero-order valence-electron chi connectivity index (χ0n) is 24.1. The summed E-state index contributed by atoms with van der Waals surface area (Å²) in [6, 6.07) is 8.52. The molecule has 35 heavy (non-hydrogen) atoms. The molecule has 0 saturated heterocycles. The van der Waals surface area contributed by atoms with Gasteiger partial charge >= 0.3 is 37.4 Å². The van der Waals surface area contributed by atoms with Crippen LogP contribution in [0.4, 0.5) is 0 Å². The Morgan fingerprint density at radius 3 is 1.20 bits per heavy atom. The van der Waals surface area contributed by atoms with Gasteiger partial charge in [0, 0.05) is 17.5 Å². The van der Waals surface area contributed by atoms with Crippen LogP contribution in [0.5, 0.6) is 11.5 Å². The molecule has 6 heteroatoms. The minimum atomic E-state index is -4.43.